The van der Waals surface area contributed by atoms with Gasteiger partial charge in [0.1, 0.15) is 6.54 Å². The molecular weight excluding hydrogens is 300 g/mol. The topological polar surface area (TPSA) is 83.6 Å². The summed E-state index contributed by atoms with van der Waals surface area (Å²) in [6, 6.07) is 4.92. The van der Waals surface area contributed by atoms with E-state index in [-0.39, 0.29) is 12.6 Å². The van der Waals surface area contributed by atoms with Crippen LogP contribution < -0.4 is 10.6 Å². The second-order valence-corrected chi connectivity index (χ2v) is 5.06. The number of rotatable bonds is 5. The number of halogens is 1. The number of carboxylic acids is 1. The first-order valence-corrected chi connectivity index (χ1v) is 6.20. The Labute approximate surface area is 114 Å². The van der Waals surface area contributed by atoms with Crippen LogP contribution in [0.1, 0.15) is 24.2 Å². The van der Waals surface area contributed by atoms with Gasteiger partial charge in [0.25, 0.3) is 5.91 Å². The quantitative estimate of drug-likeness (QED) is 0.868. The number of hydrogen-bond donors (Lipinski definition) is 2. The zero-order valence-electron chi connectivity index (χ0n) is 10.2. The van der Waals surface area contributed by atoms with Crippen LogP contribution in [0.3, 0.4) is 0 Å². The average molecular weight is 315 g/mol. The van der Waals surface area contributed by atoms with E-state index >= 15 is 0 Å². The molecule has 0 saturated carbocycles. The van der Waals surface area contributed by atoms with Crippen molar-refractivity contribution in [2.75, 3.05) is 11.4 Å². The first-order chi connectivity index (χ1) is 8.32. The predicted molar refractivity (Wildman–Crippen MR) is 72.8 cm³/mol. The Hall–Kier alpha value is -1.56. The van der Waals surface area contributed by atoms with Crippen molar-refractivity contribution in [3.05, 3.63) is 28.2 Å². The Morgan fingerprint density at radius 3 is 2.50 bits per heavy atom. The maximum Gasteiger partial charge on any atom is 0.323 e. The number of anilines is 1. The van der Waals surface area contributed by atoms with Crippen molar-refractivity contribution in [2.24, 2.45) is 5.73 Å². The summed E-state index contributed by atoms with van der Waals surface area (Å²) in [5, 5.41) is 8.92. The van der Waals surface area contributed by atoms with Gasteiger partial charge in [0.05, 0.1) is 11.3 Å². The van der Waals surface area contributed by atoms with Gasteiger partial charge in [-0.3, -0.25) is 9.59 Å². The largest absolute Gasteiger partial charge is 0.480 e. The van der Waals surface area contributed by atoms with Crippen molar-refractivity contribution < 1.29 is 14.7 Å². The maximum atomic E-state index is 11.4. The van der Waals surface area contributed by atoms with Crippen molar-refractivity contribution in [1.29, 1.82) is 0 Å². The SMILES string of the molecule is CC(C)N(CC(=O)O)c1cc(Br)ccc1C(N)=O. The number of carbonyl (C=O) groups is 2. The molecule has 0 bridgehead atoms. The lowest BCUT2D eigenvalue weighted by atomic mass is 10.1. The Bertz CT molecular complexity index is 474. The second-order valence-electron chi connectivity index (χ2n) is 4.14. The molecule has 0 atom stereocenters. The molecule has 98 valence electrons. The first-order valence-electron chi connectivity index (χ1n) is 5.40. The minimum atomic E-state index is -0.959. The van der Waals surface area contributed by atoms with Gasteiger partial charge in [0.2, 0.25) is 0 Å². The third kappa shape index (κ3) is 3.46. The van der Waals surface area contributed by atoms with Gasteiger partial charge in [-0.1, -0.05) is 15.9 Å². The third-order valence-corrected chi connectivity index (χ3v) is 2.96. The van der Waals surface area contributed by atoms with Gasteiger partial charge in [-0.2, -0.15) is 0 Å². The molecular formula is C12H15BrN2O3. The van der Waals surface area contributed by atoms with Crippen LogP contribution in [0.25, 0.3) is 0 Å². The lowest BCUT2D eigenvalue weighted by Crippen LogP contribution is -2.37. The number of primary amides is 1. The number of nitrogens with zero attached hydrogens (tertiary/aromatic N) is 1. The van der Waals surface area contributed by atoms with E-state index in [9.17, 15) is 9.59 Å². The summed E-state index contributed by atoms with van der Waals surface area (Å²) < 4.78 is 0.763. The van der Waals surface area contributed by atoms with Crippen LogP contribution in [0.5, 0.6) is 0 Å². The van der Waals surface area contributed by atoms with E-state index in [2.05, 4.69) is 15.9 Å². The molecule has 0 unspecified atom stereocenters. The Morgan fingerprint density at radius 1 is 1.44 bits per heavy atom. The van der Waals surface area contributed by atoms with Gasteiger partial charge in [-0.25, -0.2) is 0 Å². The van der Waals surface area contributed by atoms with E-state index < -0.39 is 11.9 Å². The van der Waals surface area contributed by atoms with Crippen LogP contribution in [0, 0.1) is 0 Å². The van der Waals surface area contributed by atoms with Gasteiger partial charge in [-0.05, 0) is 32.0 Å². The number of carbonyl (C=O) groups excluding carboxylic acids is 1. The fourth-order valence-corrected chi connectivity index (χ4v) is 1.99. The van der Waals surface area contributed by atoms with E-state index in [1.165, 1.54) is 0 Å². The molecule has 0 aromatic heterocycles. The number of nitrogens with two attached hydrogens (primary N) is 1. The molecule has 0 aliphatic carbocycles. The normalized spacial score (nSPS) is 10.4. The van der Waals surface area contributed by atoms with Gasteiger partial charge in [0.15, 0.2) is 0 Å². The average Bonchev–Trinajstić information content (AvgIpc) is 2.24. The second kappa shape index (κ2) is 5.86. The molecule has 0 fully saturated rings. The summed E-state index contributed by atoms with van der Waals surface area (Å²) in [7, 11) is 0. The molecule has 18 heavy (non-hydrogen) atoms. The van der Waals surface area contributed by atoms with Gasteiger partial charge < -0.3 is 15.7 Å². The maximum absolute atomic E-state index is 11.4. The number of benzene rings is 1. The molecule has 0 aliphatic heterocycles. The van der Waals surface area contributed by atoms with Gasteiger partial charge in [-0.15, -0.1) is 0 Å². The number of hydrogen-bond acceptors (Lipinski definition) is 3. The van der Waals surface area contributed by atoms with E-state index in [0.29, 0.717) is 11.3 Å². The summed E-state index contributed by atoms with van der Waals surface area (Å²) in [4.78, 5) is 23.9. The predicted octanol–water partition coefficient (Wildman–Crippen LogP) is 1.85. The number of carboxylic acid groups (broad SMARTS) is 1. The fourth-order valence-electron chi connectivity index (χ4n) is 1.64. The van der Waals surface area contributed by atoms with Gasteiger partial charge >= 0.3 is 5.97 Å². The molecule has 0 radical (unpaired) electrons. The molecule has 0 heterocycles. The Morgan fingerprint density at radius 2 is 2.06 bits per heavy atom. The minimum absolute atomic E-state index is 0.0616. The summed E-state index contributed by atoms with van der Waals surface area (Å²) >= 11 is 3.30. The molecule has 0 saturated heterocycles. The molecule has 6 heteroatoms. The Kier molecular flexibility index (Phi) is 4.72. The molecule has 1 aromatic rings. The van der Waals surface area contributed by atoms with Crippen molar-refractivity contribution >= 4 is 33.5 Å². The highest BCUT2D eigenvalue weighted by molar-refractivity contribution is 9.10. The molecule has 5 nitrogen and oxygen atoms in total. The molecule has 0 spiro atoms. The Balaban J connectivity index is 3.29. The minimum Gasteiger partial charge on any atom is -0.480 e. The van der Waals surface area contributed by atoms with Crippen molar-refractivity contribution in [3.8, 4) is 0 Å². The number of amides is 1. The van der Waals surface area contributed by atoms with E-state index in [4.69, 9.17) is 10.8 Å². The zero-order valence-corrected chi connectivity index (χ0v) is 11.8. The third-order valence-electron chi connectivity index (χ3n) is 2.46. The monoisotopic (exact) mass is 314 g/mol. The van der Waals surface area contributed by atoms with E-state index in [1.54, 1.807) is 23.1 Å². The van der Waals surface area contributed by atoms with Crippen LogP contribution in [0.2, 0.25) is 0 Å². The summed E-state index contributed by atoms with van der Waals surface area (Å²) in [5.74, 6) is -1.53. The molecule has 3 N–H and O–H groups in total. The summed E-state index contributed by atoms with van der Waals surface area (Å²) in [6.45, 7) is 3.53. The lowest BCUT2D eigenvalue weighted by Gasteiger charge is -2.28. The van der Waals surface area contributed by atoms with E-state index in [0.717, 1.165) is 4.47 Å². The van der Waals surface area contributed by atoms with Crippen LogP contribution in [0.4, 0.5) is 5.69 Å². The first kappa shape index (κ1) is 14.5. The van der Waals surface area contributed by atoms with Crippen LogP contribution in [-0.4, -0.2) is 29.6 Å². The summed E-state index contributed by atoms with van der Waals surface area (Å²) in [5.41, 5.74) is 6.14. The molecule has 1 amide bonds. The smallest absolute Gasteiger partial charge is 0.323 e. The zero-order chi connectivity index (χ0) is 13.9. The van der Waals surface area contributed by atoms with E-state index in [1.807, 2.05) is 13.8 Å². The van der Waals surface area contributed by atoms with Crippen molar-refractivity contribution in [2.45, 2.75) is 19.9 Å². The highest BCUT2D eigenvalue weighted by Gasteiger charge is 2.19. The van der Waals surface area contributed by atoms with Crippen LogP contribution in [0.15, 0.2) is 22.7 Å². The van der Waals surface area contributed by atoms with Crippen LogP contribution in [-0.2, 0) is 4.79 Å². The number of aliphatic carboxylic acids is 1. The van der Waals surface area contributed by atoms with Gasteiger partial charge in [0, 0.05) is 10.5 Å². The van der Waals surface area contributed by atoms with Crippen molar-refractivity contribution in [3.63, 3.8) is 0 Å². The molecule has 1 aromatic carbocycles. The van der Waals surface area contributed by atoms with Crippen molar-refractivity contribution in [1.82, 2.24) is 0 Å². The highest BCUT2D eigenvalue weighted by atomic mass is 79.9. The molecule has 0 aliphatic rings. The summed E-state index contributed by atoms with van der Waals surface area (Å²) in [6.07, 6.45) is 0. The fraction of sp³-hybridized carbons (Fsp3) is 0.333. The van der Waals surface area contributed by atoms with Crippen LogP contribution >= 0.6 is 15.9 Å². The highest BCUT2D eigenvalue weighted by Crippen LogP contribution is 2.26. The standard InChI is InChI=1S/C12H15BrN2O3/c1-7(2)15(6-11(16)17)10-5-8(13)3-4-9(10)12(14)18/h3-5,7H,6H2,1-2H3,(H2,14,18)(H,16,17). The molecule has 1 rings (SSSR count). The lowest BCUT2D eigenvalue weighted by molar-refractivity contribution is -0.135.